The molecule has 3 heteroatoms. The Kier molecular flexibility index (Phi) is 3.11. The maximum absolute atomic E-state index is 5.45. The molecule has 100 valence electrons. The fourth-order valence-electron chi connectivity index (χ4n) is 2.42. The van der Waals surface area contributed by atoms with Gasteiger partial charge in [-0.05, 0) is 32.0 Å². The van der Waals surface area contributed by atoms with Crippen LogP contribution in [0.25, 0.3) is 22.0 Å². The van der Waals surface area contributed by atoms with Crippen molar-refractivity contribution in [1.82, 2.24) is 9.97 Å². The maximum Gasteiger partial charge on any atom is 0.221 e. The zero-order chi connectivity index (χ0) is 14.1. The van der Waals surface area contributed by atoms with Crippen LogP contribution in [-0.2, 0) is 0 Å². The molecule has 2 aromatic heterocycles. The lowest BCUT2D eigenvalue weighted by atomic mass is 10.0. The summed E-state index contributed by atoms with van der Waals surface area (Å²) in [6.07, 6.45) is 0. The minimum Gasteiger partial charge on any atom is -0.481 e. The van der Waals surface area contributed by atoms with Gasteiger partial charge in [0.25, 0.3) is 0 Å². The Hall–Kier alpha value is -2.42. The van der Waals surface area contributed by atoms with Gasteiger partial charge in [0, 0.05) is 27.9 Å². The van der Waals surface area contributed by atoms with E-state index >= 15 is 0 Å². The highest BCUT2D eigenvalue weighted by molar-refractivity contribution is 5.86. The van der Waals surface area contributed by atoms with E-state index in [0.29, 0.717) is 5.88 Å². The number of para-hydroxylation sites is 1. The van der Waals surface area contributed by atoms with Crippen molar-refractivity contribution < 1.29 is 4.74 Å². The van der Waals surface area contributed by atoms with Crippen LogP contribution in [0.3, 0.4) is 0 Å². The van der Waals surface area contributed by atoms with Gasteiger partial charge in [-0.2, -0.15) is 0 Å². The molecule has 2 heterocycles. The molecule has 0 fully saturated rings. The summed E-state index contributed by atoms with van der Waals surface area (Å²) in [6, 6.07) is 14.2. The van der Waals surface area contributed by atoms with Crippen LogP contribution in [0.2, 0.25) is 0 Å². The summed E-state index contributed by atoms with van der Waals surface area (Å²) in [7, 11) is 1.65. The van der Waals surface area contributed by atoms with Crippen molar-refractivity contribution >= 4 is 10.9 Å². The first-order valence-electron chi connectivity index (χ1n) is 6.57. The van der Waals surface area contributed by atoms with Gasteiger partial charge in [0.05, 0.1) is 12.6 Å². The third kappa shape index (κ3) is 2.11. The number of aromatic nitrogens is 2. The number of rotatable bonds is 2. The molecule has 0 bridgehead atoms. The van der Waals surface area contributed by atoms with Crippen LogP contribution in [-0.4, -0.2) is 17.1 Å². The first-order chi connectivity index (χ1) is 9.69. The number of hydrogen-bond acceptors (Lipinski definition) is 3. The van der Waals surface area contributed by atoms with Gasteiger partial charge in [0.1, 0.15) is 0 Å². The van der Waals surface area contributed by atoms with Gasteiger partial charge in [-0.15, -0.1) is 0 Å². The van der Waals surface area contributed by atoms with E-state index in [0.717, 1.165) is 33.4 Å². The largest absolute Gasteiger partial charge is 0.481 e. The number of fused-ring (bicyclic) bond motifs is 1. The monoisotopic (exact) mass is 264 g/mol. The van der Waals surface area contributed by atoms with E-state index in [1.165, 1.54) is 0 Å². The summed E-state index contributed by atoms with van der Waals surface area (Å²) in [5.74, 6) is 0.637. The third-order valence-electron chi connectivity index (χ3n) is 3.40. The van der Waals surface area contributed by atoms with Crippen LogP contribution in [0, 0.1) is 13.8 Å². The molecule has 0 aliphatic rings. The number of pyridine rings is 2. The molecule has 3 rings (SSSR count). The maximum atomic E-state index is 5.45. The lowest BCUT2D eigenvalue weighted by molar-refractivity contribution is 0.401. The lowest BCUT2D eigenvalue weighted by Gasteiger charge is -2.11. The molecule has 20 heavy (non-hydrogen) atoms. The molecule has 3 nitrogen and oxygen atoms in total. The molecule has 0 spiro atoms. The number of methoxy groups -OCH3 is 1. The molecular formula is C17H16N2O. The predicted octanol–water partition coefficient (Wildman–Crippen LogP) is 3.92. The van der Waals surface area contributed by atoms with Gasteiger partial charge in [0.2, 0.25) is 5.88 Å². The van der Waals surface area contributed by atoms with Gasteiger partial charge in [-0.1, -0.05) is 24.3 Å². The second kappa shape index (κ2) is 4.93. The van der Waals surface area contributed by atoms with Crippen molar-refractivity contribution in [3.63, 3.8) is 0 Å². The Balaban J connectivity index is 2.28. The second-order valence-corrected chi connectivity index (χ2v) is 4.82. The fourth-order valence-corrected chi connectivity index (χ4v) is 2.42. The van der Waals surface area contributed by atoms with Crippen molar-refractivity contribution in [2.75, 3.05) is 7.11 Å². The highest BCUT2D eigenvalue weighted by atomic mass is 16.5. The molecule has 0 saturated heterocycles. The molecule has 1 aromatic carbocycles. The zero-order valence-electron chi connectivity index (χ0n) is 11.8. The van der Waals surface area contributed by atoms with E-state index in [1.807, 2.05) is 38.1 Å². The summed E-state index contributed by atoms with van der Waals surface area (Å²) >= 11 is 0. The average molecular weight is 264 g/mol. The summed E-state index contributed by atoms with van der Waals surface area (Å²) in [4.78, 5) is 9.11. The normalized spacial score (nSPS) is 10.8. The summed E-state index contributed by atoms with van der Waals surface area (Å²) in [6.45, 7) is 4.00. The van der Waals surface area contributed by atoms with Crippen LogP contribution in [0.5, 0.6) is 5.88 Å². The van der Waals surface area contributed by atoms with E-state index in [1.54, 1.807) is 7.11 Å². The Morgan fingerprint density at radius 2 is 1.70 bits per heavy atom. The molecule has 0 N–H and O–H groups in total. The molecule has 3 aromatic rings. The molecule has 0 atom stereocenters. The number of hydrogen-bond donors (Lipinski definition) is 0. The number of nitrogens with zero attached hydrogens (tertiary/aromatic N) is 2. The highest BCUT2D eigenvalue weighted by Gasteiger charge is 2.12. The van der Waals surface area contributed by atoms with E-state index in [-0.39, 0.29) is 0 Å². The fraction of sp³-hybridized carbons (Fsp3) is 0.176. The number of aryl methyl sites for hydroxylation is 2. The molecular weight excluding hydrogens is 248 g/mol. The van der Waals surface area contributed by atoms with Crippen LogP contribution in [0.15, 0.2) is 42.5 Å². The molecule has 0 aliphatic heterocycles. The quantitative estimate of drug-likeness (QED) is 0.703. The van der Waals surface area contributed by atoms with Crippen molar-refractivity contribution in [3.05, 3.63) is 53.9 Å². The van der Waals surface area contributed by atoms with Crippen molar-refractivity contribution in [2.45, 2.75) is 13.8 Å². The highest BCUT2D eigenvalue weighted by Crippen LogP contribution is 2.32. The standard InChI is InChI=1S/C17H16N2O/c1-11-8-9-14(12(2)18-11)15-10-13-6-4-5-7-16(13)19-17(15)20-3/h4-10H,1-3H3. The Labute approximate surface area is 118 Å². The van der Waals surface area contributed by atoms with E-state index in [2.05, 4.69) is 28.2 Å². The number of benzene rings is 1. The van der Waals surface area contributed by atoms with E-state index in [4.69, 9.17) is 4.74 Å². The van der Waals surface area contributed by atoms with Gasteiger partial charge in [-0.25, -0.2) is 4.98 Å². The molecule has 0 radical (unpaired) electrons. The second-order valence-electron chi connectivity index (χ2n) is 4.82. The van der Waals surface area contributed by atoms with E-state index < -0.39 is 0 Å². The summed E-state index contributed by atoms with van der Waals surface area (Å²) in [5.41, 5.74) is 4.98. The number of ether oxygens (including phenoxy) is 1. The first kappa shape index (κ1) is 12.6. The van der Waals surface area contributed by atoms with Crippen molar-refractivity contribution in [1.29, 1.82) is 0 Å². The zero-order valence-corrected chi connectivity index (χ0v) is 11.8. The summed E-state index contributed by atoms with van der Waals surface area (Å²) in [5, 5.41) is 1.10. The van der Waals surface area contributed by atoms with Crippen LogP contribution in [0.4, 0.5) is 0 Å². The lowest BCUT2D eigenvalue weighted by Crippen LogP contribution is -1.96. The first-order valence-corrected chi connectivity index (χ1v) is 6.57. The average Bonchev–Trinajstić information content (AvgIpc) is 2.46. The topological polar surface area (TPSA) is 35.0 Å². The molecule has 0 amide bonds. The van der Waals surface area contributed by atoms with Gasteiger partial charge in [-0.3, -0.25) is 4.98 Å². The van der Waals surface area contributed by atoms with Gasteiger partial charge >= 0.3 is 0 Å². The van der Waals surface area contributed by atoms with Crippen LogP contribution < -0.4 is 4.74 Å². The minimum absolute atomic E-state index is 0.637. The molecule has 0 saturated carbocycles. The minimum atomic E-state index is 0.637. The van der Waals surface area contributed by atoms with E-state index in [9.17, 15) is 0 Å². The van der Waals surface area contributed by atoms with Crippen LogP contribution >= 0.6 is 0 Å². The smallest absolute Gasteiger partial charge is 0.221 e. The van der Waals surface area contributed by atoms with Gasteiger partial charge in [0.15, 0.2) is 0 Å². The van der Waals surface area contributed by atoms with Crippen molar-refractivity contribution in [3.8, 4) is 17.0 Å². The Morgan fingerprint density at radius 1 is 0.900 bits per heavy atom. The SMILES string of the molecule is COc1nc2ccccc2cc1-c1ccc(C)nc1C. The predicted molar refractivity (Wildman–Crippen MR) is 81.0 cm³/mol. The molecule has 0 unspecified atom stereocenters. The van der Waals surface area contributed by atoms with Crippen molar-refractivity contribution in [2.24, 2.45) is 0 Å². The Morgan fingerprint density at radius 3 is 2.45 bits per heavy atom. The van der Waals surface area contributed by atoms with Crippen LogP contribution in [0.1, 0.15) is 11.4 Å². The Bertz CT molecular complexity index is 781. The molecule has 0 aliphatic carbocycles. The summed E-state index contributed by atoms with van der Waals surface area (Å²) < 4.78 is 5.45. The van der Waals surface area contributed by atoms with Gasteiger partial charge < -0.3 is 4.74 Å². The third-order valence-corrected chi connectivity index (χ3v) is 3.40.